The van der Waals surface area contributed by atoms with E-state index in [1.54, 1.807) is 0 Å². The second-order valence-electron chi connectivity index (χ2n) is 4.96. The third-order valence-corrected chi connectivity index (χ3v) is 4.21. The van der Waals surface area contributed by atoms with Crippen LogP contribution in [0.15, 0.2) is 59.1 Å². The molecule has 0 aliphatic rings. The SMILES string of the molecule is CCCC(CO)(Nc1ccccc1Br)c1ccccc1. The lowest BCUT2D eigenvalue weighted by atomic mass is 9.86. The van der Waals surface area contributed by atoms with Crippen molar-refractivity contribution in [3.05, 3.63) is 64.6 Å². The Balaban J connectivity index is 2.40. The van der Waals surface area contributed by atoms with Crippen molar-refractivity contribution in [3.8, 4) is 0 Å². The average Bonchev–Trinajstić information content (AvgIpc) is 2.50. The Labute approximate surface area is 129 Å². The molecule has 2 nitrogen and oxygen atoms in total. The molecule has 0 heterocycles. The Kier molecular flexibility index (Phi) is 5.21. The summed E-state index contributed by atoms with van der Waals surface area (Å²) in [5.41, 5.74) is 1.67. The molecule has 2 aromatic carbocycles. The molecule has 0 aliphatic carbocycles. The zero-order valence-electron chi connectivity index (χ0n) is 11.6. The van der Waals surface area contributed by atoms with Crippen molar-refractivity contribution in [2.45, 2.75) is 25.3 Å². The molecule has 2 rings (SSSR count). The van der Waals surface area contributed by atoms with Crippen LogP contribution in [0.4, 0.5) is 5.69 Å². The maximum absolute atomic E-state index is 10.0. The Bertz CT molecular complexity index is 544. The minimum absolute atomic E-state index is 0.0617. The normalized spacial score (nSPS) is 13.8. The van der Waals surface area contributed by atoms with Crippen molar-refractivity contribution < 1.29 is 5.11 Å². The molecular weight excluding hydrogens is 314 g/mol. The first-order valence-corrected chi connectivity index (χ1v) is 7.70. The molecule has 0 bridgehead atoms. The molecule has 3 heteroatoms. The summed E-state index contributed by atoms with van der Waals surface area (Å²) in [5.74, 6) is 0. The number of anilines is 1. The third-order valence-electron chi connectivity index (χ3n) is 3.52. The molecule has 2 N–H and O–H groups in total. The van der Waals surface area contributed by atoms with Crippen LogP contribution in [0.3, 0.4) is 0 Å². The molecule has 0 amide bonds. The number of aliphatic hydroxyl groups excluding tert-OH is 1. The predicted octanol–water partition coefficient (Wildman–Crippen LogP) is 4.55. The van der Waals surface area contributed by atoms with Crippen LogP contribution in [0.25, 0.3) is 0 Å². The van der Waals surface area contributed by atoms with Crippen molar-refractivity contribution in [1.29, 1.82) is 0 Å². The summed E-state index contributed by atoms with van der Waals surface area (Å²) in [5, 5.41) is 13.6. The van der Waals surface area contributed by atoms with Crippen LogP contribution in [0.1, 0.15) is 25.3 Å². The Hall–Kier alpha value is -1.32. The summed E-state index contributed by atoms with van der Waals surface area (Å²) in [7, 11) is 0. The van der Waals surface area contributed by atoms with E-state index < -0.39 is 5.54 Å². The summed E-state index contributed by atoms with van der Waals surface area (Å²) in [6.45, 7) is 2.20. The van der Waals surface area contributed by atoms with Gasteiger partial charge in [0.2, 0.25) is 0 Å². The lowest BCUT2D eigenvalue weighted by Gasteiger charge is -2.35. The van der Waals surface area contributed by atoms with E-state index >= 15 is 0 Å². The van der Waals surface area contributed by atoms with Gasteiger partial charge in [-0.1, -0.05) is 55.8 Å². The number of rotatable bonds is 6. The largest absolute Gasteiger partial charge is 0.394 e. The smallest absolute Gasteiger partial charge is 0.0856 e. The van der Waals surface area contributed by atoms with E-state index in [0.717, 1.165) is 28.6 Å². The van der Waals surface area contributed by atoms with Gasteiger partial charge in [-0.2, -0.15) is 0 Å². The van der Waals surface area contributed by atoms with E-state index in [0.29, 0.717) is 0 Å². The molecule has 0 radical (unpaired) electrons. The van der Waals surface area contributed by atoms with Crippen molar-refractivity contribution in [1.82, 2.24) is 0 Å². The molecule has 1 atom stereocenters. The fourth-order valence-corrected chi connectivity index (χ4v) is 2.88. The Morgan fingerprint density at radius 3 is 2.30 bits per heavy atom. The molecule has 2 aromatic rings. The van der Waals surface area contributed by atoms with Gasteiger partial charge in [0.1, 0.15) is 0 Å². The van der Waals surface area contributed by atoms with Gasteiger partial charge in [0, 0.05) is 10.2 Å². The fraction of sp³-hybridized carbons (Fsp3) is 0.294. The highest BCUT2D eigenvalue weighted by Gasteiger charge is 2.30. The van der Waals surface area contributed by atoms with Gasteiger partial charge < -0.3 is 10.4 Å². The highest BCUT2D eigenvalue weighted by molar-refractivity contribution is 9.10. The van der Waals surface area contributed by atoms with Gasteiger partial charge in [-0.15, -0.1) is 0 Å². The van der Waals surface area contributed by atoms with Gasteiger partial charge in [-0.05, 0) is 40.0 Å². The van der Waals surface area contributed by atoms with E-state index in [9.17, 15) is 5.11 Å². The van der Waals surface area contributed by atoms with Gasteiger partial charge in [0.15, 0.2) is 0 Å². The van der Waals surface area contributed by atoms with E-state index in [2.05, 4.69) is 40.3 Å². The quantitative estimate of drug-likeness (QED) is 0.812. The molecule has 0 fully saturated rings. The van der Waals surface area contributed by atoms with Crippen LogP contribution >= 0.6 is 15.9 Å². The van der Waals surface area contributed by atoms with Crippen LogP contribution in [0, 0.1) is 0 Å². The standard InChI is InChI=1S/C17H20BrNO/c1-2-12-17(13-20,14-8-4-3-5-9-14)19-16-11-7-6-10-15(16)18/h3-11,19-20H,2,12-13H2,1H3. The molecule has 0 saturated carbocycles. The molecule has 0 aliphatic heterocycles. The van der Waals surface area contributed by atoms with Crippen LogP contribution in [-0.4, -0.2) is 11.7 Å². The van der Waals surface area contributed by atoms with E-state index in [4.69, 9.17) is 0 Å². The summed E-state index contributed by atoms with van der Waals surface area (Å²) in [6.07, 6.45) is 1.86. The molecule has 0 spiro atoms. The fourth-order valence-electron chi connectivity index (χ4n) is 2.49. The second-order valence-corrected chi connectivity index (χ2v) is 5.82. The van der Waals surface area contributed by atoms with E-state index in [-0.39, 0.29) is 6.61 Å². The van der Waals surface area contributed by atoms with Crippen molar-refractivity contribution in [2.24, 2.45) is 0 Å². The molecule has 0 aromatic heterocycles. The first-order chi connectivity index (χ1) is 9.72. The first-order valence-electron chi connectivity index (χ1n) is 6.91. The number of aliphatic hydroxyl groups is 1. The number of benzene rings is 2. The van der Waals surface area contributed by atoms with Crippen molar-refractivity contribution >= 4 is 21.6 Å². The summed E-state index contributed by atoms with van der Waals surface area (Å²) >= 11 is 3.56. The van der Waals surface area contributed by atoms with E-state index in [1.165, 1.54) is 0 Å². The van der Waals surface area contributed by atoms with Gasteiger partial charge in [0.25, 0.3) is 0 Å². The Morgan fingerprint density at radius 1 is 1.05 bits per heavy atom. The zero-order valence-corrected chi connectivity index (χ0v) is 13.2. The summed E-state index contributed by atoms with van der Waals surface area (Å²) in [4.78, 5) is 0. The monoisotopic (exact) mass is 333 g/mol. The number of nitrogens with one attached hydrogen (secondary N) is 1. The number of hydrogen-bond donors (Lipinski definition) is 2. The summed E-state index contributed by atoms with van der Waals surface area (Å²) in [6, 6.07) is 18.1. The van der Waals surface area contributed by atoms with Crippen LogP contribution in [0.5, 0.6) is 0 Å². The van der Waals surface area contributed by atoms with Crippen LogP contribution in [-0.2, 0) is 5.54 Å². The van der Waals surface area contributed by atoms with Gasteiger partial charge in [0.05, 0.1) is 12.1 Å². The maximum Gasteiger partial charge on any atom is 0.0856 e. The van der Waals surface area contributed by atoms with Crippen LogP contribution < -0.4 is 5.32 Å². The predicted molar refractivity (Wildman–Crippen MR) is 87.9 cm³/mol. The van der Waals surface area contributed by atoms with Crippen molar-refractivity contribution in [3.63, 3.8) is 0 Å². The number of halogens is 1. The molecular formula is C17H20BrNO. The summed E-state index contributed by atoms with van der Waals surface area (Å²) < 4.78 is 1.00. The average molecular weight is 334 g/mol. The minimum atomic E-state index is -0.445. The maximum atomic E-state index is 10.0. The lowest BCUT2D eigenvalue weighted by Crippen LogP contribution is -2.39. The van der Waals surface area contributed by atoms with Gasteiger partial charge in [-0.25, -0.2) is 0 Å². The minimum Gasteiger partial charge on any atom is -0.394 e. The third kappa shape index (κ3) is 3.22. The molecule has 20 heavy (non-hydrogen) atoms. The first kappa shape index (κ1) is 15.1. The highest BCUT2D eigenvalue weighted by atomic mass is 79.9. The van der Waals surface area contributed by atoms with Gasteiger partial charge >= 0.3 is 0 Å². The molecule has 106 valence electrons. The van der Waals surface area contributed by atoms with Crippen molar-refractivity contribution in [2.75, 3.05) is 11.9 Å². The topological polar surface area (TPSA) is 32.3 Å². The lowest BCUT2D eigenvalue weighted by molar-refractivity contribution is 0.202. The molecule has 1 unspecified atom stereocenters. The zero-order chi connectivity index (χ0) is 14.4. The Morgan fingerprint density at radius 2 is 1.70 bits per heavy atom. The number of para-hydroxylation sites is 1. The number of hydrogen-bond acceptors (Lipinski definition) is 2. The van der Waals surface area contributed by atoms with Gasteiger partial charge in [-0.3, -0.25) is 0 Å². The van der Waals surface area contributed by atoms with E-state index in [1.807, 2.05) is 42.5 Å². The highest BCUT2D eigenvalue weighted by Crippen LogP contribution is 2.33. The second kappa shape index (κ2) is 6.91. The van der Waals surface area contributed by atoms with Crippen LogP contribution in [0.2, 0.25) is 0 Å². The molecule has 0 saturated heterocycles.